The van der Waals surface area contributed by atoms with Crippen molar-refractivity contribution in [3.63, 3.8) is 0 Å². The van der Waals surface area contributed by atoms with Crippen molar-refractivity contribution in [2.24, 2.45) is 11.8 Å². The molecule has 19 heavy (non-hydrogen) atoms. The third-order valence-corrected chi connectivity index (χ3v) is 6.87. The van der Waals surface area contributed by atoms with Crippen molar-refractivity contribution in [1.82, 2.24) is 0 Å². The molecule has 0 aromatic heterocycles. The van der Waals surface area contributed by atoms with Gasteiger partial charge in [-0.2, -0.15) is 0 Å². The lowest BCUT2D eigenvalue weighted by Gasteiger charge is -2.39. The maximum atomic E-state index is 12.9. The minimum absolute atomic E-state index is 0.0570. The zero-order valence-electron chi connectivity index (χ0n) is 12.3. The van der Waals surface area contributed by atoms with Crippen LogP contribution in [0.4, 0.5) is 0 Å². The molecule has 5 heteroatoms. The summed E-state index contributed by atoms with van der Waals surface area (Å²) in [6.07, 6.45) is 2.60. The molecule has 0 aromatic carbocycles. The molecular weight excluding hydrogens is 263 g/mol. The van der Waals surface area contributed by atoms with Gasteiger partial charge in [0.15, 0.2) is 0 Å². The number of rotatable bonds is 2. The van der Waals surface area contributed by atoms with Crippen molar-refractivity contribution in [2.75, 3.05) is 0 Å². The van der Waals surface area contributed by atoms with Crippen LogP contribution in [0.2, 0.25) is 0 Å². The van der Waals surface area contributed by atoms with Crippen molar-refractivity contribution in [3.8, 4) is 0 Å². The minimum atomic E-state index is -3.28. The molecule has 0 N–H and O–H groups in total. The molecule has 4 nitrogen and oxygen atoms in total. The summed E-state index contributed by atoms with van der Waals surface area (Å²) >= 11 is 0. The monoisotopic (exact) mass is 288 g/mol. The molecule has 2 fully saturated rings. The summed E-state index contributed by atoms with van der Waals surface area (Å²) in [5, 5.41) is 0. The van der Waals surface area contributed by atoms with Crippen LogP contribution in [0.5, 0.6) is 0 Å². The van der Waals surface area contributed by atoms with Crippen molar-refractivity contribution >= 4 is 13.4 Å². The maximum absolute atomic E-state index is 12.9. The van der Waals surface area contributed by atoms with Crippen LogP contribution in [-0.4, -0.2) is 23.7 Å². The van der Waals surface area contributed by atoms with E-state index in [1.54, 1.807) is 0 Å². The summed E-state index contributed by atoms with van der Waals surface area (Å²) in [5.74, 6) is 0.997. The van der Waals surface area contributed by atoms with Crippen LogP contribution in [0.25, 0.3) is 0 Å². The topological polar surface area (TPSA) is 52.6 Å². The molecule has 2 unspecified atom stereocenters. The van der Waals surface area contributed by atoms with Gasteiger partial charge in [-0.1, -0.05) is 13.8 Å². The molecule has 110 valence electrons. The van der Waals surface area contributed by atoms with Crippen LogP contribution < -0.4 is 0 Å². The number of Topliss-reactive ketones (excluding diaryl/α,β-unsaturated/α-hetero) is 1. The highest BCUT2D eigenvalue weighted by Gasteiger charge is 2.48. The Balaban J connectivity index is 2.17. The van der Waals surface area contributed by atoms with Gasteiger partial charge in [-0.05, 0) is 38.5 Å². The smallest absolute Gasteiger partial charge is 0.305 e. The largest absolute Gasteiger partial charge is 0.341 e. The Morgan fingerprint density at radius 2 is 1.74 bits per heavy atom. The van der Waals surface area contributed by atoms with E-state index in [9.17, 15) is 9.36 Å². The second-order valence-corrected chi connectivity index (χ2v) is 8.49. The first-order chi connectivity index (χ1) is 8.82. The maximum Gasteiger partial charge on any atom is 0.341 e. The van der Waals surface area contributed by atoms with Crippen LogP contribution in [0.1, 0.15) is 53.4 Å². The molecular formula is C14H25O4P. The molecule has 1 heterocycles. The van der Waals surface area contributed by atoms with Gasteiger partial charge in [0.2, 0.25) is 0 Å². The van der Waals surface area contributed by atoms with Gasteiger partial charge in [0.05, 0.1) is 12.2 Å². The highest BCUT2D eigenvalue weighted by atomic mass is 31.2. The normalized spacial score (nSPS) is 44.6. The molecule has 2 aliphatic rings. The zero-order valence-corrected chi connectivity index (χ0v) is 13.2. The summed E-state index contributed by atoms with van der Waals surface area (Å²) in [4.78, 5) is 12.1. The lowest BCUT2D eigenvalue weighted by molar-refractivity contribution is -0.121. The molecule has 0 spiro atoms. The van der Waals surface area contributed by atoms with E-state index in [1.807, 2.05) is 13.8 Å². The number of carbonyl (C=O) groups is 1. The SMILES string of the molecule is CC(C)C1CCC(=O)C(P2(=O)O[C@@H](C)C[C@H](C)O2)C1. The Labute approximate surface area is 115 Å². The number of carbonyl (C=O) groups excluding carboxylic acids is 1. The molecule has 4 atom stereocenters. The van der Waals surface area contributed by atoms with Crippen molar-refractivity contribution in [1.29, 1.82) is 0 Å². The number of ketones is 1. The summed E-state index contributed by atoms with van der Waals surface area (Å²) in [7, 11) is -3.28. The van der Waals surface area contributed by atoms with E-state index in [1.165, 1.54) is 0 Å². The van der Waals surface area contributed by atoms with Gasteiger partial charge in [-0.3, -0.25) is 9.36 Å². The van der Waals surface area contributed by atoms with Crippen LogP contribution in [-0.2, 0) is 18.4 Å². The fraction of sp³-hybridized carbons (Fsp3) is 0.929. The number of hydrogen-bond acceptors (Lipinski definition) is 4. The van der Waals surface area contributed by atoms with Crippen LogP contribution >= 0.6 is 7.60 Å². The molecule has 2 rings (SSSR count). The van der Waals surface area contributed by atoms with Crippen molar-refractivity contribution in [3.05, 3.63) is 0 Å². The average Bonchev–Trinajstić information content (AvgIpc) is 2.26. The van der Waals surface area contributed by atoms with E-state index < -0.39 is 13.3 Å². The third-order valence-electron chi connectivity index (χ3n) is 4.30. The zero-order chi connectivity index (χ0) is 14.2. The molecule has 1 saturated heterocycles. The first-order valence-corrected chi connectivity index (χ1v) is 8.92. The standard InChI is InChI=1S/C14H25O4P/c1-9(2)12-5-6-13(15)14(8-12)19(16)17-10(3)7-11(4)18-19/h9-12,14H,5-8H2,1-4H3/t10-,11-,12?,14?/m0/s1. The van der Waals surface area contributed by atoms with E-state index in [0.29, 0.717) is 24.7 Å². The Kier molecular flexibility index (Phi) is 4.54. The Morgan fingerprint density at radius 3 is 2.26 bits per heavy atom. The molecule has 0 bridgehead atoms. The Hall–Kier alpha value is -0.180. The summed E-state index contributed by atoms with van der Waals surface area (Å²) < 4.78 is 24.1. The molecule has 1 aliphatic carbocycles. The van der Waals surface area contributed by atoms with Crippen LogP contribution in [0.3, 0.4) is 0 Å². The van der Waals surface area contributed by atoms with E-state index in [2.05, 4.69) is 13.8 Å². The lowest BCUT2D eigenvalue weighted by Crippen LogP contribution is -2.37. The van der Waals surface area contributed by atoms with E-state index >= 15 is 0 Å². The molecule has 0 radical (unpaired) electrons. The highest BCUT2D eigenvalue weighted by molar-refractivity contribution is 7.55. The van der Waals surface area contributed by atoms with Gasteiger partial charge in [-0.15, -0.1) is 0 Å². The summed E-state index contributed by atoms with van der Waals surface area (Å²) in [5.41, 5.74) is -0.543. The van der Waals surface area contributed by atoms with Crippen molar-refractivity contribution in [2.45, 2.75) is 71.2 Å². The van der Waals surface area contributed by atoms with Gasteiger partial charge in [0.1, 0.15) is 11.4 Å². The average molecular weight is 288 g/mol. The second kappa shape index (κ2) is 5.67. The Morgan fingerprint density at radius 1 is 1.16 bits per heavy atom. The van der Waals surface area contributed by atoms with E-state index in [-0.39, 0.29) is 18.0 Å². The van der Waals surface area contributed by atoms with Gasteiger partial charge >= 0.3 is 7.60 Å². The summed E-state index contributed by atoms with van der Waals surface area (Å²) in [6.45, 7) is 8.11. The van der Waals surface area contributed by atoms with E-state index in [0.717, 1.165) is 12.8 Å². The lowest BCUT2D eigenvalue weighted by atomic mass is 9.81. The molecule has 0 aromatic rings. The van der Waals surface area contributed by atoms with Gasteiger partial charge < -0.3 is 9.05 Å². The van der Waals surface area contributed by atoms with E-state index in [4.69, 9.17) is 9.05 Å². The summed E-state index contributed by atoms with van der Waals surface area (Å²) in [6, 6.07) is 0. The highest BCUT2D eigenvalue weighted by Crippen LogP contribution is 2.61. The number of hydrogen-bond donors (Lipinski definition) is 0. The first kappa shape index (κ1) is 15.2. The predicted octanol–water partition coefficient (Wildman–Crippen LogP) is 3.79. The fourth-order valence-corrected chi connectivity index (χ4v) is 5.70. The predicted molar refractivity (Wildman–Crippen MR) is 74.3 cm³/mol. The van der Waals surface area contributed by atoms with Crippen LogP contribution in [0, 0.1) is 11.8 Å². The fourth-order valence-electron chi connectivity index (χ4n) is 3.17. The van der Waals surface area contributed by atoms with Crippen LogP contribution in [0.15, 0.2) is 0 Å². The Bertz CT molecular complexity index is 379. The second-order valence-electron chi connectivity index (χ2n) is 6.37. The van der Waals surface area contributed by atoms with Gasteiger partial charge in [-0.25, -0.2) is 0 Å². The minimum Gasteiger partial charge on any atom is -0.305 e. The third kappa shape index (κ3) is 3.29. The van der Waals surface area contributed by atoms with Gasteiger partial charge in [0.25, 0.3) is 0 Å². The van der Waals surface area contributed by atoms with Crippen molar-refractivity contribution < 1.29 is 18.4 Å². The molecule has 1 aliphatic heterocycles. The molecule has 0 amide bonds. The molecule has 1 saturated carbocycles. The first-order valence-electron chi connectivity index (χ1n) is 7.31. The van der Waals surface area contributed by atoms with Gasteiger partial charge in [0, 0.05) is 12.8 Å². The quantitative estimate of drug-likeness (QED) is 0.725.